The molecule has 0 radical (unpaired) electrons. The van der Waals surface area contributed by atoms with Crippen LogP contribution in [-0.2, 0) is 6.42 Å². The van der Waals surface area contributed by atoms with Crippen LogP contribution in [0.4, 0.5) is 0 Å². The monoisotopic (exact) mass is 210 g/mol. The highest BCUT2D eigenvalue weighted by Gasteiger charge is 1.99. The van der Waals surface area contributed by atoms with Crippen molar-refractivity contribution in [2.24, 2.45) is 0 Å². The molecule has 0 aliphatic rings. The molecule has 0 unspecified atom stereocenters. The maximum Gasteiger partial charge on any atom is 0.154 e. The first-order valence-corrected chi connectivity index (χ1v) is 4.11. The van der Waals surface area contributed by atoms with E-state index in [2.05, 4.69) is 27.8 Å². The zero-order chi connectivity index (χ0) is 8.27. The highest BCUT2D eigenvalue weighted by Crippen LogP contribution is 2.15. The van der Waals surface area contributed by atoms with E-state index in [9.17, 15) is 0 Å². The number of hydrogen-bond donors (Lipinski definition) is 0. The molecule has 2 nitrogen and oxygen atoms in total. The zero-order valence-electron chi connectivity index (χ0n) is 6.13. The molecule has 0 spiro atoms. The van der Waals surface area contributed by atoms with Gasteiger partial charge in [0.25, 0.3) is 0 Å². The van der Waals surface area contributed by atoms with E-state index in [0.717, 1.165) is 16.5 Å². The molecule has 3 heteroatoms. The maximum atomic E-state index is 8.54. The highest BCUT2D eigenvalue weighted by molar-refractivity contribution is 9.10. The smallest absolute Gasteiger partial charge is 0.154 e. The minimum atomic E-state index is 0.446. The van der Waals surface area contributed by atoms with Gasteiger partial charge in [0.15, 0.2) is 5.69 Å². The van der Waals surface area contributed by atoms with Gasteiger partial charge in [-0.1, -0.05) is 6.92 Å². The van der Waals surface area contributed by atoms with Gasteiger partial charge in [0.05, 0.1) is 4.47 Å². The van der Waals surface area contributed by atoms with Crippen molar-refractivity contribution in [2.75, 3.05) is 0 Å². The third-order valence-corrected chi connectivity index (χ3v) is 2.02. The van der Waals surface area contributed by atoms with Crippen LogP contribution >= 0.6 is 15.9 Å². The summed E-state index contributed by atoms with van der Waals surface area (Å²) in [4.78, 5) is 3.96. The number of rotatable bonds is 1. The summed E-state index contributed by atoms with van der Waals surface area (Å²) in [7, 11) is 0. The number of aryl methyl sites for hydroxylation is 1. The summed E-state index contributed by atoms with van der Waals surface area (Å²) in [5, 5.41) is 8.54. The number of pyridine rings is 1. The average Bonchev–Trinajstić information content (AvgIpc) is 2.04. The molecule has 0 fully saturated rings. The molecule has 0 saturated heterocycles. The van der Waals surface area contributed by atoms with Crippen molar-refractivity contribution in [3.05, 3.63) is 28.0 Å². The average molecular weight is 211 g/mol. The summed E-state index contributed by atoms with van der Waals surface area (Å²) in [5.41, 5.74) is 1.58. The fraction of sp³-hybridized carbons (Fsp3) is 0.250. The van der Waals surface area contributed by atoms with Crippen molar-refractivity contribution < 1.29 is 0 Å². The van der Waals surface area contributed by atoms with Crippen molar-refractivity contribution in [3.8, 4) is 6.07 Å². The summed E-state index contributed by atoms with van der Waals surface area (Å²) in [6, 6.07) is 3.91. The van der Waals surface area contributed by atoms with E-state index >= 15 is 0 Å². The lowest BCUT2D eigenvalue weighted by Crippen LogP contribution is -1.87. The molecule has 0 atom stereocenters. The van der Waals surface area contributed by atoms with E-state index in [4.69, 9.17) is 5.26 Å². The molecule has 0 aliphatic carbocycles. The van der Waals surface area contributed by atoms with Crippen molar-refractivity contribution >= 4 is 15.9 Å². The number of halogens is 1. The highest BCUT2D eigenvalue weighted by atomic mass is 79.9. The number of aromatic nitrogens is 1. The Bertz CT molecular complexity index is 301. The van der Waals surface area contributed by atoms with Crippen LogP contribution in [0.25, 0.3) is 0 Å². The Balaban J connectivity index is 3.12. The van der Waals surface area contributed by atoms with Crippen LogP contribution < -0.4 is 0 Å². The first-order valence-electron chi connectivity index (χ1n) is 3.32. The predicted octanol–water partition coefficient (Wildman–Crippen LogP) is 2.28. The third-order valence-electron chi connectivity index (χ3n) is 1.41. The van der Waals surface area contributed by atoms with E-state index in [0.29, 0.717) is 5.69 Å². The Hall–Kier alpha value is -0.880. The van der Waals surface area contributed by atoms with Gasteiger partial charge in [-0.2, -0.15) is 5.26 Å². The van der Waals surface area contributed by atoms with Crippen molar-refractivity contribution in [3.63, 3.8) is 0 Å². The Labute approximate surface area is 74.0 Å². The predicted molar refractivity (Wildman–Crippen MR) is 46.0 cm³/mol. The van der Waals surface area contributed by atoms with Crippen LogP contribution in [0.2, 0.25) is 0 Å². The topological polar surface area (TPSA) is 36.7 Å². The first-order chi connectivity index (χ1) is 5.27. The fourth-order valence-electron chi connectivity index (χ4n) is 0.753. The maximum absolute atomic E-state index is 8.54. The molecule has 11 heavy (non-hydrogen) atoms. The van der Waals surface area contributed by atoms with Gasteiger partial charge in [-0.25, -0.2) is 4.98 Å². The quantitative estimate of drug-likeness (QED) is 0.714. The molecule has 1 aromatic heterocycles. The second kappa shape index (κ2) is 3.49. The standard InChI is InChI=1S/C8H7BrN2/c1-2-6-3-7(9)8(4-10)11-5-6/h3,5H,2H2,1H3. The normalized spacial score (nSPS) is 9.18. The number of nitriles is 1. The first kappa shape index (κ1) is 8.22. The van der Waals surface area contributed by atoms with Gasteiger partial charge in [0.2, 0.25) is 0 Å². The summed E-state index contributed by atoms with van der Waals surface area (Å²) in [6.07, 6.45) is 2.67. The van der Waals surface area contributed by atoms with E-state index in [1.807, 2.05) is 12.1 Å². The lowest BCUT2D eigenvalue weighted by Gasteiger charge is -1.96. The van der Waals surface area contributed by atoms with E-state index in [1.54, 1.807) is 6.20 Å². The van der Waals surface area contributed by atoms with Gasteiger partial charge >= 0.3 is 0 Å². The van der Waals surface area contributed by atoms with Crippen LogP contribution in [0.5, 0.6) is 0 Å². The summed E-state index contributed by atoms with van der Waals surface area (Å²) in [6.45, 7) is 2.05. The molecule has 56 valence electrons. The molecule has 1 heterocycles. The summed E-state index contributed by atoms with van der Waals surface area (Å²) < 4.78 is 0.777. The molecule has 0 aromatic carbocycles. The molecule has 0 aliphatic heterocycles. The molecule has 0 bridgehead atoms. The van der Waals surface area contributed by atoms with Crippen molar-refractivity contribution in [2.45, 2.75) is 13.3 Å². The van der Waals surface area contributed by atoms with Gasteiger partial charge in [0.1, 0.15) is 6.07 Å². The van der Waals surface area contributed by atoms with Crippen LogP contribution in [-0.4, -0.2) is 4.98 Å². The van der Waals surface area contributed by atoms with E-state index in [-0.39, 0.29) is 0 Å². The Morgan fingerprint density at radius 2 is 2.45 bits per heavy atom. The minimum absolute atomic E-state index is 0.446. The van der Waals surface area contributed by atoms with Crippen LogP contribution in [0.3, 0.4) is 0 Å². The Kier molecular flexibility index (Phi) is 2.61. The molecular weight excluding hydrogens is 204 g/mol. The number of hydrogen-bond acceptors (Lipinski definition) is 2. The fourth-order valence-corrected chi connectivity index (χ4v) is 1.24. The minimum Gasteiger partial charge on any atom is -0.244 e. The molecule has 0 amide bonds. The SMILES string of the molecule is CCc1cnc(C#N)c(Br)c1. The molecule has 1 aromatic rings. The molecule has 0 saturated carbocycles. The largest absolute Gasteiger partial charge is 0.244 e. The van der Waals surface area contributed by atoms with Gasteiger partial charge in [-0.3, -0.25) is 0 Å². The number of nitrogens with zero attached hydrogens (tertiary/aromatic N) is 2. The van der Waals surface area contributed by atoms with Crippen molar-refractivity contribution in [1.82, 2.24) is 4.98 Å². The van der Waals surface area contributed by atoms with Crippen LogP contribution in [0, 0.1) is 11.3 Å². The lowest BCUT2D eigenvalue weighted by atomic mass is 10.2. The summed E-state index contributed by atoms with van der Waals surface area (Å²) >= 11 is 3.26. The molecular formula is C8H7BrN2. The molecule has 0 N–H and O–H groups in total. The summed E-state index contributed by atoms with van der Waals surface area (Å²) in [5.74, 6) is 0. The third kappa shape index (κ3) is 1.78. The van der Waals surface area contributed by atoms with Gasteiger partial charge in [0, 0.05) is 6.20 Å². The van der Waals surface area contributed by atoms with E-state index in [1.165, 1.54) is 0 Å². The second-order valence-corrected chi connectivity index (χ2v) is 2.99. The van der Waals surface area contributed by atoms with Crippen molar-refractivity contribution in [1.29, 1.82) is 5.26 Å². The second-order valence-electron chi connectivity index (χ2n) is 2.14. The molecule has 1 rings (SSSR count). The van der Waals surface area contributed by atoms with Crippen LogP contribution in [0.15, 0.2) is 16.7 Å². The Morgan fingerprint density at radius 3 is 2.91 bits per heavy atom. The van der Waals surface area contributed by atoms with Gasteiger partial charge in [-0.15, -0.1) is 0 Å². The van der Waals surface area contributed by atoms with Gasteiger partial charge in [-0.05, 0) is 34.0 Å². The zero-order valence-corrected chi connectivity index (χ0v) is 7.72. The lowest BCUT2D eigenvalue weighted by molar-refractivity contribution is 1.09. The van der Waals surface area contributed by atoms with Crippen LogP contribution in [0.1, 0.15) is 18.2 Å². The van der Waals surface area contributed by atoms with Gasteiger partial charge < -0.3 is 0 Å². The van der Waals surface area contributed by atoms with E-state index < -0.39 is 0 Å². The Morgan fingerprint density at radius 1 is 1.73 bits per heavy atom.